The third-order valence-corrected chi connectivity index (χ3v) is 2.56. The molecule has 1 aliphatic carbocycles. The third kappa shape index (κ3) is 3.24. The summed E-state index contributed by atoms with van der Waals surface area (Å²) in [5.74, 6) is -1.26. The first-order chi connectivity index (χ1) is 8.56. The molecule has 1 saturated carbocycles. The Labute approximate surface area is 102 Å². The third-order valence-electron chi connectivity index (χ3n) is 2.56. The first kappa shape index (κ1) is 12.4. The van der Waals surface area contributed by atoms with Gasteiger partial charge in [-0.15, -0.1) is 0 Å². The Morgan fingerprint density at radius 2 is 2.22 bits per heavy atom. The normalized spacial score (nSPS) is 14.3. The molecule has 0 aromatic heterocycles. The van der Waals surface area contributed by atoms with Crippen LogP contribution in [0, 0.1) is 15.9 Å². The number of hydrogen-bond acceptors (Lipinski definition) is 4. The monoisotopic (exact) mass is 253 g/mol. The van der Waals surface area contributed by atoms with Crippen LogP contribution in [0.25, 0.3) is 0 Å². The zero-order valence-electron chi connectivity index (χ0n) is 9.48. The zero-order valence-corrected chi connectivity index (χ0v) is 9.48. The number of carbonyl (C=O) groups is 1. The standard InChI is InChI=1S/C11H12FN3O3/c12-9-5-8(3-4-10(9)15(17)18)14-11(16)6-13-7-1-2-7/h3-5,7,13H,1-2,6H2,(H,14,16). The number of nitrogens with zero attached hydrogens (tertiary/aromatic N) is 1. The topological polar surface area (TPSA) is 84.3 Å². The minimum Gasteiger partial charge on any atom is -0.325 e. The Balaban J connectivity index is 1.94. The van der Waals surface area contributed by atoms with E-state index in [2.05, 4.69) is 10.6 Å². The summed E-state index contributed by atoms with van der Waals surface area (Å²) in [7, 11) is 0. The number of benzene rings is 1. The van der Waals surface area contributed by atoms with Gasteiger partial charge in [0.05, 0.1) is 11.5 Å². The van der Waals surface area contributed by atoms with Gasteiger partial charge in [0.25, 0.3) is 0 Å². The number of nitrogens with one attached hydrogen (secondary N) is 2. The lowest BCUT2D eigenvalue weighted by Crippen LogP contribution is -2.29. The highest BCUT2D eigenvalue weighted by Gasteiger charge is 2.21. The van der Waals surface area contributed by atoms with Gasteiger partial charge in [-0.05, 0) is 18.9 Å². The van der Waals surface area contributed by atoms with Crippen LogP contribution in [0.5, 0.6) is 0 Å². The van der Waals surface area contributed by atoms with Crippen LogP contribution in [0.2, 0.25) is 0 Å². The van der Waals surface area contributed by atoms with E-state index in [0.717, 1.165) is 25.0 Å². The van der Waals surface area contributed by atoms with Crippen LogP contribution in [0.1, 0.15) is 12.8 Å². The molecule has 1 aromatic rings. The van der Waals surface area contributed by atoms with Crippen molar-refractivity contribution in [2.24, 2.45) is 0 Å². The summed E-state index contributed by atoms with van der Waals surface area (Å²) in [4.78, 5) is 21.0. The van der Waals surface area contributed by atoms with Gasteiger partial charge in [-0.2, -0.15) is 4.39 Å². The highest BCUT2D eigenvalue weighted by molar-refractivity contribution is 5.92. The average Bonchev–Trinajstić information content (AvgIpc) is 3.09. The minimum atomic E-state index is -0.965. The van der Waals surface area contributed by atoms with Crippen LogP contribution in [-0.2, 0) is 4.79 Å². The van der Waals surface area contributed by atoms with Crippen LogP contribution < -0.4 is 10.6 Å². The van der Waals surface area contributed by atoms with Gasteiger partial charge >= 0.3 is 5.69 Å². The lowest BCUT2D eigenvalue weighted by atomic mass is 10.2. The van der Waals surface area contributed by atoms with Gasteiger partial charge in [-0.25, -0.2) is 0 Å². The van der Waals surface area contributed by atoms with Gasteiger partial charge in [-0.1, -0.05) is 0 Å². The Kier molecular flexibility index (Phi) is 3.52. The van der Waals surface area contributed by atoms with Gasteiger partial charge in [0.1, 0.15) is 0 Å². The fourth-order valence-electron chi connectivity index (χ4n) is 1.46. The summed E-state index contributed by atoms with van der Waals surface area (Å²) in [6, 6.07) is 3.67. The molecule has 1 aliphatic rings. The SMILES string of the molecule is O=C(CNC1CC1)Nc1ccc([N+](=O)[O-])c(F)c1. The number of nitro benzene ring substituents is 1. The molecule has 0 bridgehead atoms. The molecule has 1 aromatic carbocycles. The van der Waals surface area contributed by atoms with Crippen molar-refractivity contribution in [2.45, 2.75) is 18.9 Å². The van der Waals surface area contributed by atoms with E-state index >= 15 is 0 Å². The van der Waals surface area contributed by atoms with E-state index in [4.69, 9.17) is 0 Å². The lowest BCUT2D eigenvalue weighted by molar-refractivity contribution is -0.387. The van der Waals surface area contributed by atoms with Crippen molar-refractivity contribution in [3.05, 3.63) is 34.1 Å². The Bertz CT molecular complexity index is 488. The summed E-state index contributed by atoms with van der Waals surface area (Å²) in [6.07, 6.45) is 2.14. The number of anilines is 1. The average molecular weight is 253 g/mol. The molecule has 1 amide bonds. The van der Waals surface area contributed by atoms with E-state index in [0.29, 0.717) is 6.04 Å². The van der Waals surface area contributed by atoms with E-state index in [9.17, 15) is 19.3 Å². The Morgan fingerprint density at radius 3 is 2.78 bits per heavy atom. The summed E-state index contributed by atoms with van der Waals surface area (Å²) in [6.45, 7) is 0.156. The van der Waals surface area contributed by atoms with Crippen molar-refractivity contribution >= 4 is 17.3 Å². The Morgan fingerprint density at radius 1 is 1.50 bits per heavy atom. The highest BCUT2D eigenvalue weighted by Crippen LogP contribution is 2.21. The summed E-state index contributed by atoms with van der Waals surface area (Å²) in [5.41, 5.74) is -0.398. The molecule has 1 fully saturated rings. The second-order valence-corrected chi connectivity index (χ2v) is 4.13. The van der Waals surface area contributed by atoms with Gasteiger partial charge < -0.3 is 10.6 Å². The molecule has 0 spiro atoms. The fourth-order valence-corrected chi connectivity index (χ4v) is 1.46. The zero-order chi connectivity index (χ0) is 13.1. The van der Waals surface area contributed by atoms with E-state index in [1.165, 1.54) is 6.07 Å². The molecular formula is C11H12FN3O3. The fraction of sp³-hybridized carbons (Fsp3) is 0.364. The molecule has 0 saturated heterocycles. The second kappa shape index (κ2) is 5.09. The summed E-state index contributed by atoms with van der Waals surface area (Å²) >= 11 is 0. The van der Waals surface area contributed by atoms with E-state index in [-0.39, 0.29) is 18.1 Å². The van der Waals surface area contributed by atoms with Gasteiger partial charge in [-0.3, -0.25) is 14.9 Å². The van der Waals surface area contributed by atoms with Gasteiger partial charge in [0.15, 0.2) is 0 Å². The minimum absolute atomic E-state index is 0.156. The predicted molar refractivity (Wildman–Crippen MR) is 62.7 cm³/mol. The molecule has 0 atom stereocenters. The number of carbonyl (C=O) groups excluding carboxylic acids is 1. The van der Waals surface area contributed by atoms with Crippen LogP contribution in [-0.4, -0.2) is 23.4 Å². The molecule has 7 heteroatoms. The van der Waals surface area contributed by atoms with E-state index in [1.54, 1.807) is 0 Å². The molecule has 0 aliphatic heterocycles. The van der Waals surface area contributed by atoms with Gasteiger partial charge in [0, 0.05) is 23.9 Å². The molecular weight excluding hydrogens is 241 g/mol. The summed E-state index contributed by atoms with van der Waals surface area (Å²) in [5, 5.41) is 15.9. The maximum Gasteiger partial charge on any atom is 0.304 e. The number of halogens is 1. The largest absolute Gasteiger partial charge is 0.325 e. The van der Waals surface area contributed by atoms with E-state index < -0.39 is 16.4 Å². The van der Waals surface area contributed by atoms with Crippen molar-refractivity contribution in [1.29, 1.82) is 0 Å². The quantitative estimate of drug-likeness (QED) is 0.614. The molecule has 18 heavy (non-hydrogen) atoms. The number of amides is 1. The van der Waals surface area contributed by atoms with E-state index in [1.807, 2.05) is 0 Å². The molecule has 2 N–H and O–H groups in total. The lowest BCUT2D eigenvalue weighted by Gasteiger charge is -2.06. The number of hydrogen-bond donors (Lipinski definition) is 2. The molecule has 2 rings (SSSR count). The first-order valence-corrected chi connectivity index (χ1v) is 5.53. The van der Waals surface area contributed by atoms with Crippen LogP contribution in [0.15, 0.2) is 18.2 Å². The van der Waals surface area contributed by atoms with Crippen LogP contribution in [0.4, 0.5) is 15.8 Å². The maximum absolute atomic E-state index is 13.3. The number of nitro groups is 1. The highest BCUT2D eigenvalue weighted by atomic mass is 19.1. The molecule has 6 nitrogen and oxygen atoms in total. The van der Waals surface area contributed by atoms with Crippen LogP contribution in [0.3, 0.4) is 0 Å². The van der Waals surface area contributed by atoms with Crippen molar-refractivity contribution in [3.8, 4) is 0 Å². The summed E-state index contributed by atoms with van der Waals surface area (Å²) < 4.78 is 13.3. The molecule has 0 unspecified atom stereocenters. The van der Waals surface area contributed by atoms with Gasteiger partial charge in [0.2, 0.25) is 11.7 Å². The van der Waals surface area contributed by atoms with Crippen molar-refractivity contribution < 1.29 is 14.1 Å². The smallest absolute Gasteiger partial charge is 0.304 e. The van der Waals surface area contributed by atoms with Crippen molar-refractivity contribution in [3.63, 3.8) is 0 Å². The molecule has 0 radical (unpaired) electrons. The number of rotatable bonds is 5. The first-order valence-electron chi connectivity index (χ1n) is 5.53. The predicted octanol–water partition coefficient (Wildman–Crippen LogP) is 1.42. The molecule has 0 heterocycles. The van der Waals surface area contributed by atoms with Crippen molar-refractivity contribution in [1.82, 2.24) is 5.32 Å². The Hall–Kier alpha value is -2.02. The van der Waals surface area contributed by atoms with Crippen LogP contribution >= 0.6 is 0 Å². The maximum atomic E-state index is 13.3. The van der Waals surface area contributed by atoms with Crippen molar-refractivity contribution in [2.75, 3.05) is 11.9 Å². The molecule has 96 valence electrons. The second-order valence-electron chi connectivity index (χ2n) is 4.13.